The van der Waals surface area contributed by atoms with Crippen LogP contribution in [0.1, 0.15) is 50.0 Å². The molecule has 1 aromatic rings. The Labute approximate surface area is 128 Å². The lowest BCUT2D eigenvalue weighted by Gasteiger charge is -2.20. The minimum atomic E-state index is -3.10. The van der Waals surface area contributed by atoms with Crippen LogP contribution in [0.25, 0.3) is 0 Å². The average Bonchev–Trinajstić information content (AvgIpc) is 2.22. The van der Waals surface area contributed by atoms with Crippen LogP contribution in [0.2, 0.25) is 0 Å². The van der Waals surface area contributed by atoms with Gasteiger partial charge < -0.3 is 5.32 Å². The Hall–Kier alpha value is -1.01. The minimum absolute atomic E-state index is 0.0967. The third-order valence-corrected chi connectivity index (χ3v) is 3.90. The molecule has 0 amide bonds. The molecule has 5 nitrogen and oxygen atoms in total. The molecule has 0 bridgehead atoms. The lowest BCUT2D eigenvalue weighted by atomic mass is 10.1. The third-order valence-electron chi connectivity index (χ3n) is 3.12. The molecule has 0 aliphatic heterocycles. The van der Waals surface area contributed by atoms with Crippen molar-refractivity contribution in [3.63, 3.8) is 0 Å². The van der Waals surface area contributed by atoms with Crippen molar-refractivity contribution < 1.29 is 8.42 Å². The highest BCUT2D eigenvalue weighted by atomic mass is 32.2. The fraction of sp³-hybridized carbons (Fsp3) is 0.733. The Kier molecular flexibility index (Phi) is 5.87. The van der Waals surface area contributed by atoms with Crippen LogP contribution in [0.5, 0.6) is 0 Å². The first-order valence-corrected chi connectivity index (χ1v) is 9.30. The zero-order valence-corrected chi connectivity index (χ0v) is 14.8. The van der Waals surface area contributed by atoms with Crippen LogP contribution in [0.15, 0.2) is 0 Å². The van der Waals surface area contributed by atoms with Gasteiger partial charge in [0, 0.05) is 23.2 Å². The summed E-state index contributed by atoms with van der Waals surface area (Å²) in [6.07, 6.45) is 3.11. The fourth-order valence-corrected chi connectivity index (χ4v) is 2.80. The van der Waals surface area contributed by atoms with Crippen LogP contribution in [-0.4, -0.2) is 36.7 Å². The van der Waals surface area contributed by atoms with Gasteiger partial charge in [0.2, 0.25) is 0 Å². The lowest BCUT2D eigenvalue weighted by molar-refractivity contribution is 0.422. The van der Waals surface area contributed by atoms with E-state index in [0.29, 0.717) is 5.82 Å². The number of nitrogens with one attached hydrogen (secondary N) is 1. The number of aryl methyl sites for hydroxylation is 2. The van der Waals surface area contributed by atoms with Crippen molar-refractivity contribution in [2.45, 2.75) is 58.8 Å². The van der Waals surface area contributed by atoms with Gasteiger partial charge in [0.25, 0.3) is 0 Å². The van der Waals surface area contributed by atoms with Crippen molar-refractivity contribution in [1.29, 1.82) is 0 Å². The standard InChI is InChI=1S/C15H27N3O2S/c1-11-13(8-7-9-16-15(3,4)5)12(2)18-14(17-11)10-21(6,19)20/h16H,7-10H2,1-6H3. The maximum atomic E-state index is 11.3. The fourth-order valence-electron chi connectivity index (χ4n) is 2.20. The maximum Gasteiger partial charge on any atom is 0.154 e. The van der Waals surface area contributed by atoms with E-state index < -0.39 is 9.84 Å². The first-order valence-electron chi connectivity index (χ1n) is 7.24. The molecule has 0 saturated heterocycles. The van der Waals surface area contributed by atoms with E-state index in [0.717, 1.165) is 36.3 Å². The van der Waals surface area contributed by atoms with Gasteiger partial charge in [-0.15, -0.1) is 0 Å². The number of hydrogen-bond acceptors (Lipinski definition) is 5. The highest BCUT2D eigenvalue weighted by Gasteiger charge is 2.13. The van der Waals surface area contributed by atoms with Gasteiger partial charge in [-0.1, -0.05) is 0 Å². The minimum Gasteiger partial charge on any atom is -0.312 e. The van der Waals surface area contributed by atoms with Crippen molar-refractivity contribution in [1.82, 2.24) is 15.3 Å². The van der Waals surface area contributed by atoms with E-state index in [1.807, 2.05) is 13.8 Å². The summed E-state index contributed by atoms with van der Waals surface area (Å²) in [5.41, 5.74) is 3.02. The SMILES string of the molecule is Cc1nc(CS(C)(=O)=O)nc(C)c1CCCNC(C)(C)C. The van der Waals surface area contributed by atoms with Gasteiger partial charge in [0.05, 0.1) is 0 Å². The molecule has 120 valence electrons. The van der Waals surface area contributed by atoms with E-state index >= 15 is 0 Å². The molecule has 6 heteroatoms. The van der Waals surface area contributed by atoms with Crippen molar-refractivity contribution >= 4 is 9.84 Å². The normalized spacial score (nSPS) is 12.7. The zero-order valence-electron chi connectivity index (χ0n) is 13.9. The summed E-state index contributed by atoms with van der Waals surface area (Å²) in [6, 6.07) is 0. The Balaban J connectivity index is 2.72. The molecule has 0 spiro atoms. The molecular weight excluding hydrogens is 286 g/mol. The van der Waals surface area contributed by atoms with Crippen molar-refractivity contribution in [3.05, 3.63) is 22.8 Å². The number of aromatic nitrogens is 2. The van der Waals surface area contributed by atoms with E-state index in [-0.39, 0.29) is 11.3 Å². The van der Waals surface area contributed by atoms with Crippen LogP contribution in [-0.2, 0) is 22.0 Å². The molecule has 0 saturated carbocycles. The number of nitrogens with zero attached hydrogens (tertiary/aromatic N) is 2. The second-order valence-electron chi connectivity index (χ2n) is 6.64. The summed E-state index contributed by atoms with van der Waals surface area (Å²) in [4.78, 5) is 8.67. The second-order valence-corrected chi connectivity index (χ2v) is 8.78. The topological polar surface area (TPSA) is 72.0 Å². The smallest absolute Gasteiger partial charge is 0.154 e. The summed E-state index contributed by atoms with van der Waals surface area (Å²) in [7, 11) is -3.10. The van der Waals surface area contributed by atoms with Crippen molar-refractivity contribution in [2.75, 3.05) is 12.8 Å². The van der Waals surface area contributed by atoms with Crippen LogP contribution >= 0.6 is 0 Å². The molecule has 0 aliphatic carbocycles. The quantitative estimate of drug-likeness (QED) is 0.813. The number of sulfone groups is 1. The molecule has 1 rings (SSSR count). The largest absolute Gasteiger partial charge is 0.312 e. The second kappa shape index (κ2) is 6.83. The van der Waals surface area contributed by atoms with Gasteiger partial charge in [-0.3, -0.25) is 0 Å². The molecule has 0 fully saturated rings. The molecule has 0 atom stereocenters. The number of hydrogen-bond donors (Lipinski definition) is 1. The van der Waals surface area contributed by atoms with E-state index in [1.54, 1.807) is 0 Å². The summed E-state index contributed by atoms with van der Waals surface area (Å²) in [5, 5.41) is 3.45. The maximum absolute atomic E-state index is 11.3. The van der Waals surface area contributed by atoms with Gasteiger partial charge >= 0.3 is 0 Å². The predicted molar refractivity (Wildman–Crippen MR) is 86.1 cm³/mol. The highest BCUT2D eigenvalue weighted by molar-refractivity contribution is 7.89. The molecule has 0 radical (unpaired) electrons. The molecule has 0 unspecified atom stereocenters. The zero-order chi connectivity index (χ0) is 16.3. The van der Waals surface area contributed by atoms with Gasteiger partial charge in [-0.25, -0.2) is 18.4 Å². The predicted octanol–water partition coefficient (Wildman–Crippen LogP) is 1.96. The van der Waals surface area contributed by atoms with Crippen LogP contribution in [0.3, 0.4) is 0 Å². The summed E-state index contributed by atoms with van der Waals surface area (Å²) < 4.78 is 22.6. The highest BCUT2D eigenvalue weighted by Crippen LogP contribution is 2.14. The van der Waals surface area contributed by atoms with Crippen LogP contribution in [0, 0.1) is 13.8 Å². The molecule has 0 aliphatic rings. The average molecular weight is 313 g/mol. The summed E-state index contributed by atoms with van der Waals surface area (Å²) in [6.45, 7) is 11.2. The van der Waals surface area contributed by atoms with Crippen LogP contribution < -0.4 is 5.32 Å². The van der Waals surface area contributed by atoms with E-state index in [1.165, 1.54) is 6.26 Å². The Morgan fingerprint density at radius 3 is 2.05 bits per heavy atom. The Morgan fingerprint density at radius 2 is 1.62 bits per heavy atom. The Morgan fingerprint density at radius 1 is 1.10 bits per heavy atom. The van der Waals surface area contributed by atoms with E-state index in [9.17, 15) is 8.42 Å². The van der Waals surface area contributed by atoms with E-state index in [2.05, 4.69) is 36.1 Å². The number of rotatable bonds is 6. The molecule has 1 heterocycles. The Bertz CT molecular complexity index is 566. The molecule has 1 N–H and O–H groups in total. The first-order chi connectivity index (χ1) is 9.48. The molecule has 21 heavy (non-hydrogen) atoms. The molecule has 0 aromatic carbocycles. The van der Waals surface area contributed by atoms with Crippen molar-refractivity contribution in [3.8, 4) is 0 Å². The lowest BCUT2D eigenvalue weighted by Crippen LogP contribution is -2.36. The van der Waals surface area contributed by atoms with Gasteiger partial charge in [0.1, 0.15) is 11.6 Å². The third kappa shape index (κ3) is 7.00. The van der Waals surface area contributed by atoms with Gasteiger partial charge in [0.15, 0.2) is 9.84 Å². The summed E-state index contributed by atoms with van der Waals surface area (Å²) >= 11 is 0. The summed E-state index contributed by atoms with van der Waals surface area (Å²) in [5.74, 6) is 0.296. The molecule has 1 aromatic heterocycles. The van der Waals surface area contributed by atoms with Crippen molar-refractivity contribution in [2.24, 2.45) is 0 Å². The molecular formula is C15H27N3O2S. The van der Waals surface area contributed by atoms with Crippen LogP contribution in [0.4, 0.5) is 0 Å². The van der Waals surface area contributed by atoms with Gasteiger partial charge in [-0.05, 0) is 59.6 Å². The van der Waals surface area contributed by atoms with Gasteiger partial charge in [-0.2, -0.15) is 0 Å². The first kappa shape index (κ1) is 18.0. The van der Waals surface area contributed by atoms with E-state index in [4.69, 9.17) is 0 Å². The monoisotopic (exact) mass is 313 g/mol.